The van der Waals surface area contributed by atoms with Crippen molar-refractivity contribution in [3.8, 4) is 0 Å². The second-order valence-corrected chi connectivity index (χ2v) is 18.1. The number of amides is 8. The minimum absolute atomic E-state index is 0. The van der Waals surface area contributed by atoms with Crippen LogP contribution in [0.25, 0.3) is 5.57 Å². The number of nitrogens with one attached hydrogen (secondary N) is 6. The quantitative estimate of drug-likeness (QED) is 0.156. The zero-order valence-electron chi connectivity index (χ0n) is 39.6. The van der Waals surface area contributed by atoms with Crippen molar-refractivity contribution in [2.45, 2.75) is 160 Å². The van der Waals surface area contributed by atoms with Crippen LogP contribution in [-0.2, 0) is 44.8 Å². The van der Waals surface area contributed by atoms with E-state index in [1.54, 1.807) is 6.92 Å². The molecule has 9 N–H and O–H groups in total. The summed E-state index contributed by atoms with van der Waals surface area (Å²) in [6.45, 7) is 7.31. The smallest absolute Gasteiger partial charge is 0.246 e. The van der Waals surface area contributed by atoms with Crippen LogP contribution in [0.3, 0.4) is 0 Å². The summed E-state index contributed by atoms with van der Waals surface area (Å²) < 4.78 is 0. The first-order chi connectivity index (χ1) is 32.1. The zero-order valence-corrected chi connectivity index (χ0v) is 41.7. The van der Waals surface area contributed by atoms with E-state index >= 15 is 0 Å². The molecular formula is C49H70LrN9O9-. The maximum Gasteiger partial charge on any atom is 0.246 e. The van der Waals surface area contributed by atoms with E-state index in [1.165, 1.54) is 16.7 Å². The molecule has 1 aliphatic carbocycles. The van der Waals surface area contributed by atoms with E-state index in [0.29, 0.717) is 51.4 Å². The van der Waals surface area contributed by atoms with Crippen molar-refractivity contribution in [1.29, 1.82) is 0 Å². The number of nitrogens with zero attached hydrogens (tertiary/aromatic N) is 2. The van der Waals surface area contributed by atoms with E-state index in [9.17, 15) is 43.5 Å². The van der Waals surface area contributed by atoms with Crippen molar-refractivity contribution >= 4 is 52.8 Å². The van der Waals surface area contributed by atoms with Crippen molar-refractivity contribution in [2.75, 3.05) is 19.6 Å². The van der Waals surface area contributed by atoms with Gasteiger partial charge >= 0.3 is 0 Å². The Morgan fingerprint density at radius 2 is 1.56 bits per heavy atom. The van der Waals surface area contributed by atoms with Crippen LogP contribution in [0.1, 0.15) is 116 Å². The summed E-state index contributed by atoms with van der Waals surface area (Å²) in [6, 6.07) is 0.193. The van der Waals surface area contributed by atoms with Crippen LogP contribution >= 0.6 is 0 Å². The third-order valence-corrected chi connectivity index (χ3v) is 12.8. The first-order valence-electron chi connectivity index (χ1n) is 23.8. The van der Waals surface area contributed by atoms with Gasteiger partial charge in [0.2, 0.25) is 47.3 Å². The number of carbonyl (C=O) groups excluding carboxylic acids is 8. The van der Waals surface area contributed by atoms with Gasteiger partial charge in [-0.05, 0) is 75.8 Å². The van der Waals surface area contributed by atoms with Gasteiger partial charge in [0.15, 0.2) is 0 Å². The predicted molar refractivity (Wildman–Crippen MR) is 252 cm³/mol. The fourth-order valence-electron chi connectivity index (χ4n) is 8.95. The molecule has 3 aliphatic heterocycles. The second kappa shape index (κ2) is 25.8. The Balaban J connectivity index is 0.0000101. The first-order valence-corrected chi connectivity index (χ1v) is 23.8. The van der Waals surface area contributed by atoms with Crippen molar-refractivity contribution in [3.05, 3.63) is 71.7 Å². The molecule has 0 spiro atoms. The Kier molecular flexibility index (Phi) is 20.3. The topological polar surface area (TPSA) is 261 Å². The van der Waals surface area contributed by atoms with Gasteiger partial charge in [-0.25, -0.2) is 0 Å². The molecule has 8 amide bonds. The van der Waals surface area contributed by atoms with E-state index in [-0.39, 0.29) is 38.9 Å². The Bertz CT molecular complexity index is 2050. The number of fused-ring (bicyclic) bond motifs is 2. The number of allylic oxidation sites excluding steroid dienone is 6. The maximum absolute atomic E-state index is 14.9. The van der Waals surface area contributed by atoms with E-state index < -0.39 is 102 Å². The third kappa shape index (κ3) is 15.0. The number of aliphatic hydroxyl groups excluding tert-OH is 1. The summed E-state index contributed by atoms with van der Waals surface area (Å²) in [4.78, 5) is 113. The molecule has 8 atom stereocenters. The molecule has 1 aromatic rings. The largest absolute Gasteiger partial charge is 0.376 e. The molecule has 1 radical (unpaired) electrons. The molecule has 3 saturated heterocycles. The van der Waals surface area contributed by atoms with Crippen LogP contribution in [0.5, 0.6) is 0 Å². The van der Waals surface area contributed by atoms with Gasteiger partial charge in [-0.1, -0.05) is 56.5 Å². The standard InChI is InChI=1S/C49H70N9O9.Lr/c1-5-6-15-37(53-32(4)59)45(63)55-39-29-42(60)51-25-9-7-16-36(43(50)61)54-44(62)31(3)52-46(64)40-17-8-10-26-57(40)48(66)38(56-47(65)41-18-12-27-58(41)49(39)67)28-33-20-23-35(24-21-33)34-14-11-13-30(2)19-22-34;/h11,13-14,19-24,31,36-41,44,54,62H,5-10,12,15-18,25-29H2,1-4H3,(H2,50,61)(H,51,60)(H,52,64)(H,53,59)(H,55,63)(H,56,65);/q-1;/t31?,36?,37?,38-,39?,40?,41?,44?;/m1./s1. The summed E-state index contributed by atoms with van der Waals surface area (Å²) in [7, 11) is 0. The van der Waals surface area contributed by atoms with Crippen LogP contribution < -0.4 is 37.6 Å². The molecule has 18 nitrogen and oxygen atoms in total. The number of hydrogen-bond donors (Lipinski definition) is 8. The van der Waals surface area contributed by atoms with Gasteiger partial charge < -0.3 is 47.2 Å². The monoisotopic (exact) mass is 1190 g/mol. The Morgan fingerprint density at radius 1 is 0.897 bits per heavy atom. The molecular weight excluding hydrogens is 1120 g/mol. The van der Waals surface area contributed by atoms with Crippen LogP contribution in [0, 0.1) is 5.92 Å². The zero-order chi connectivity index (χ0) is 48.6. The van der Waals surface area contributed by atoms with Gasteiger partial charge in [-0.2, -0.15) is 30.2 Å². The number of unbranched alkanes of at least 4 members (excludes halogenated alkanes) is 1. The molecule has 3 fully saturated rings. The van der Waals surface area contributed by atoms with Crippen LogP contribution in [0.15, 0.2) is 54.6 Å². The van der Waals surface area contributed by atoms with Gasteiger partial charge in [0.05, 0.1) is 18.5 Å². The number of carbonyl (C=O) groups is 8. The second-order valence-electron chi connectivity index (χ2n) is 18.1. The maximum atomic E-state index is 14.9. The summed E-state index contributed by atoms with van der Waals surface area (Å²) >= 11 is 0. The number of benzene rings is 1. The van der Waals surface area contributed by atoms with Crippen LogP contribution in [-0.4, -0.2) is 130 Å². The molecule has 5 rings (SSSR count). The minimum atomic E-state index is -1.41. The summed E-state index contributed by atoms with van der Waals surface area (Å²) in [5.74, 6) is -3.57. The van der Waals surface area contributed by atoms with Gasteiger partial charge in [-0.3, -0.25) is 43.7 Å². The van der Waals surface area contributed by atoms with Crippen molar-refractivity contribution in [1.82, 2.24) is 41.7 Å². The number of primary amides is 1. The summed E-state index contributed by atoms with van der Waals surface area (Å²) in [6.07, 6.45) is 13.1. The summed E-state index contributed by atoms with van der Waals surface area (Å²) in [5, 5.41) is 27.8. The van der Waals surface area contributed by atoms with E-state index in [1.807, 2.05) is 68.5 Å². The van der Waals surface area contributed by atoms with Gasteiger partial charge in [0, 0.05) is 33.0 Å². The molecule has 0 aromatic heterocycles. The average Bonchev–Trinajstić information content (AvgIpc) is 3.70. The molecule has 1 aromatic carbocycles. The van der Waals surface area contributed by atoms with E-state index in [4.69, 9.17) is 5.73 Å². The molecule has 4 aliphatic rings. The van der Waals surface area contributed by atoms with Crippen molar-refractivity contribution in [2.24, 2.45) is 5.73 Å². The first kappa shape index (κ1) is 53.6. The number of aliphatic hydroxyl groups is 1. The number of piperidine rings is 1. The predicted octanol–water partition coefficient (Wildman–Crippen LogP) is 1.33. The average molecular weight is 1190 g/mol. The van der Waals surface area contributed by atoms with E-state index in [2.05, 4.69) is 31.9 Å². The van der Waals surface area contributed by atoms with E-state index in [0.717, 1.165) is 29.0 Å². The fraction of sp³-hybridized carbons (Fsp3) is 0.571. The third-order valence-electron chi connectivity index (χ3n) is 12.8. The van der Waals surface area contributed by atoms with Gasteiger partial charge in [0.25, 0.3) is 0 Å². The van der Waals surface area contributed by atoms with Crippen molar-refractivity contribution < 1.29 is 43.5 Å². The number of rotatable bonds is 10. The molecule has 68 heavy (non-hydrogen) atoms. The molecule has 0 bridgehead atoms. The normalized spacial score (nSPS) is 26.4. The van der Waals surface area contributed by atoms with Gasteiger partial charge in [0.1, 0.15) is 36.4 Å². The number of nitrogens with two attached hydrogens (primary N) is 1. The fourth-order valence-corrected chi connectivity index (χ4v) is 8.95. The molecule has 381 valence electrons. The Labute approximate surface area is 393 Å². The molecule has 19 heteroatoms. The van der Waals surface area contributed by atoms with Crippen molar-refractivity contribution in [3.63, 3.8) is 0 Å². The minimum Gasteiger partial charge on any atom is -0.376 e. The van der Waals surface area contributed by atoms with Gasteiger partial charge in [-0.15, -0.1) is 6.08 Å². The molecule has 3 heterocycles. The number of hydrogen-bond acceptors (Lipinski definition) is 10. The SMILES string of the molecule is CCCCC(NC(C)=O)C(=O)NC1CC(=O)NCCCCC(C(N)=O)NC(O)C(C)NC(=O)C2CCCCN2C(=O)[C@@H](Cc2ccc(C3=CC=C[C-](C)C=C3)cc2)NC(=O)C2CCCN2C1=O.[Lr]. The summed E-state index contributed by atoms with van der Waals surface area (Å²) in [5.41, 5.74) is 8.34. The Hall–Kier alpha value is -7.01. The van der Waals surface area contributed by atoms with Crippen LogP contribution in [0.4, 0.5) is 0 Å². The van der Waals surface area contributed by atoms with Crippen LogP contribution in [0.2, 0.25) is 0 Å². The Morgan fingerprint density at radius 3 is 2.25 bits per heavy atom. The molecule has 7 unspecified atom stereocenters. The molecule has 0 saturated carbocycles.